The van der Waals surface area contributed by atoms with E-state index in [0.717, 1.165) is 43.0 Å². The lowest BCUT2D eigenvalue weighted by atomic mass is 9.86. The predicted molar refractivity (Wildman–Crippen MR) is 113 cm³/mol. The Balaban J connectivity index is 1.36. The number of halogens is 1. The summed E-state index contributed by atoms with van der Waals surface area (Å²) in [6, 6.07) is 11.9. The molecular formula is C23H24FN5O2. The van der Waals surface area contributed by atoms with Crippen LogP contribution in [0.25, 0.3) is 0 Å². The molecule has 0 N–H and O–H groups in total. The first-order chi connectivity index (χ1) is 14.9. The third-order valence-corrected chi connectivity index (χ3v) is 6.33. The van der Waals surface area contributed by atoms with Gasteiger partial charge < -0.3 is 0 Å². The smallest absolute Gasteiger partial charge is 0.297 e. The van der Waals surface area contributed by atoms with E-state index in [1.807, 2.05) is 25.1 Å². The van der Waals surface area contributed by atoms with Gasteiger partial charge in [-0.05, 0) is 49.7 Å². The summed E-state index contributed by atoms with van der Waals surface area (Å²) < 4.78 is 15.9. The zero-order valence-corrected chi connectivity index (χ0v) is 17.4. The molecule has 2 aromatic heterocycles. The first kappa shape index (κ1) is 19.8. The van der Waals surface area contributed by atoms with Crippen molar-refractivity contribution in [1.29, 1.82) is 0 Å². The fraction of sp³-hybridized carbons (Fsp3) is 0.391. The van der Waals surface area contributed by atoms with Gasteiger partial charge in [0, 0.05) is 37.2 Å². The third-order valence-electron chi connectivity index (χ3n) is 6.33. The summed E-state index contributed by atoms with van der Waals surface area (Å²) in [5.74, 6) is 0.314. The Kier molecular flexibility index (Phi) is 4.81. The SMILES string of the molecule is Cc1cccc(CN2CCC3(Cc4nn(Cc5ccc(F)cc5)c(=O)c(=O)n4C3)C2)n1. The van der Waals surface area contributed by atoms with Crippen LogP contribution in [-0.4, -0.2) is 37.3 Å². The van der Waals surface area contributed by atoms with E-state index in [1.165, 1.54) is 16.8 Å². The maximum absolute atomic E-state index is 13.2. The quantitative estimate of drug-likeness (QED) is 0.600. The molecule has 31 heavy (non-hydrogen) atoms. The van der Waals surface area contributed by atoms with E-state index in [4.69, 9.17) is 0 Å². The van der Waals surface area contributed by atoms with Crippen molar-refractivity contribution >= 4 is 0 Å². The molecule has 0 radical (unpaired) electrons. The Morgan fingerprint density at radius 1 is 1.03 bits per heavy atom. The van der Waals surface area contributed by atoms with Gasteiger partial charge in [-0.15, -0.1) is 0 Å². The van der Waals surface area contributed by atoms with Crippen molar-refractivity contribution in [3.8, 4) is 0 Å². The van der Waals surface area contributed by atoms with Crippen LogP contribution in [0.1, 0.15) is 29.2 Å². The van der Waals surface area contributed by atoms with Crippen LogP contribution in [0.4, 0.5) is 4.39 Å². The highest BCUT2D eigenvalue weighted by atomic mass is 19.1. The lowest BCUT2D eigenvalue weighted by Gasteiger charge is -2.22. The maximum Gasteiger partial charge on any atom is 0.332 e. The number of pyridine rings is 1. The Labute approximate surface area is 178 Å². The van der Waals surface area contributed by atoms with Gasteiger partial charge in [0.1, 0.15) is 11.6 Å². The number of nitrogens with zero attached hydrogens (tertiary/aromatic N) is 5. The molecule has 1 atom stereocenters. The molecule has 0 amide bonds. The van der Waals surface area contributed by atoms with Crippen LogP contribution in [0.2, 0.25) is 0 Å². The van der Waals surface area contributed by atoms with Crippen molar-refractivity contribution in [3.63, 3.8) is 0 Å². The molecular weight excluding hydrogens is 397 g/mol. The largest absolute Gasteiger partial charge is 0.332 e. The van der Waals surface area contributed by atoms with E-state index < -0.39 is 11.1 Å². The Hall–Kier alpha value is -3.13. The summed E-state index contributed by atoms with van der Waals surface area (Å²) in [7, 11) is 0. The third kappa shape index (κ3) is 3.83. The van der Waals surface area contributed by atoms with E-state index in [9.17, 15) is 14.0 Å². The zero-order valence-electron chi connectivity index (χ0n) is 17.4. The number of fused-ring (bicyclic) bond motifs is 1. The highest BCUT2D eigenvalue weighted by Crippen LogP contribution is 2.39. The van der Waals surface area contributed by atoms with Gasteiger partial charge in [-0.25, -0.2) is 9.07 Å². The van der Waals surface area contributed by atoms with Gasteiger partial charge in [-0.3, -0.25) is 24.0 Å². The zero-order chi connectivity index (χ0) is 21.6. The average molecular weight is 421 g/mol. The van der Waals surface area contributed by atoms with Crippen LogP contribution in [0.15, 0.2) is 52.1 Å². The Morgan fingerprint density at radius 2 is 1.84 bits per heavy atom. The Bertz CT molecular complexity index is 1250. The summed E-state index contributed by atoms with van der Waals surface area (Å²) in [6.07, 6.45) is 1.62. The second-order valence-electron chi connectivity index (χ2n) is 8.80. The molecule has 1 saturated heterocycles. The second-order valence-corrected chi connectivity index (χ2v) is 8.80. The van der Waals surface area contributed by atoms with Gasteiger partial charge in [0.25, 0.3) is 0 Å². The van der Waals surface area contributed by atoms with E-state index >= 15 is 0 Å². The standard InChI is InChI=1S/C23H24FN5O2/c1-16-3-2-4-19(25-16)13-27-10-9-23(14-27)11-20-26-29(22(31)21(30)28(20)15-23)12-17-5-7-18(24)8-6-17/h2-8H,9-15H2,1H3. The summed E-state index contributed by atoms with van der Waals surface area (Å²) in [4.78, 5) is 32.4. The van der Waals surface area contributed by atoms with Gasteiger partial charge in [0.15, 0.2) is 0 Å². The number of benzene rings is 1. The van der Waals surface area contributed by atoms with Crippen LogP contribution in [0.3, 0.4) is 0 Å². The molecule has 7 nitrogen and oxygen atoms in total. The number of hydrogen-bond donors (Lipinski definition) is 0. The molecule has 5 rings (SSSR count). The molecule has 160 valence electrons. The monoisotopic (exact) mass is 421 g/mol. The number of hydrogen-bond acceptors (Lipinski definition) is 5. The van der Waals surface area contributed by atoms with Crippen molar-refractivity contribution in [2.75, 3.05) is 13.1 Å². The van der Waals surface area contributed by atoms with E-state index in [2.05, 4.69) is 15.0 Å². The minimum Gasteiger partial charge on any atom is -0.297 e. The fourth-order valence-corrected chi connectivity index (χ4v) is 4.82. The predicted octanol–water partition coefficient (Wildman–Crippen LogP) is 1.74. The van der Waals surface area contributed by atoms with Crippen molar-refractivity contribution in [2.24, 2.45) is 5.41 Å². The van der Waals surface area contributed by atoms with Gasteiger partial charge in [0.2, 0.25) is 0 Å². The second kappa shape index (κ2) is 7.53. The highest BCUT2D eigenvalue weighted by molar-refractivity contribution is 5.17. The fourth-order valence-electron chi connectivity index (χ4n) is 4.82. The van der Waals surface area contributed by atoms with Gasteiger partial charge in [0.05, 0.1) is 12.2 Å². The minimum absolute atomic E-state index is 0.0789. The van der Waals surface area contributed by atoms with Crippen LogP contribution >= 0.6 is 0 Å². The Morgan fingerprint density at radius 3 is 2.61 bits per heavy atom. The lowest BCUT2D eigenvalue weighted by Crippen LogP contribution is -2.43. The molecule has 0 bridgehead atoms. The van der Waals surface area contributed by atoms with Crippen LogP contribution in [-0.2, 0) is 26.1 Å². The topological polar surface area (TPSA) is 73.0 Å². The van der Waals surface area contributed by atoms with Gasteiger partial charge in [-0.2, -0.15) is 5.10 Å². The van der Waals surface area contributed by atoms with Crippen molar-refractivity contribution in [2.45, 2.75) is 39.4 Å². The van der Waals surface area contributed by atoms with Crippen LogP contribution in [0, 0.1) is 18.2 Å². The summed E-state index contributed by atoms with van der Waals surface area (Å²) in [5, 5.41) is 4.51. The number of aromatic nitrogens is 4. The molecule has 0 saturated carbocycles. The van der Waals surface area contributed by atoms with Crippen molar-refractivity contribution < 1.29 is 4.39 Å². The van der Waals surface area contributed by atoms with E-state index in [-0.39, 0.29) is 17.8 Å². The first-order valence-electron chi connectivity index (χ1n) is 10.5. The van der Waals surface area contributed by atoms with Crippen LogP contribution in [0.5, 0.6) is 0 Å². The van der Waals surface area contributed by atoms with E-state index in [1.54, 1.807) is 16.7 Å². The molecule has 8 heteroatoms. The van der Waals surface area contributed by atoms with Gasteiger partial charge in [-0.1, -0.05) is 18.2 Å². The molecule has 2 aliphatic rings. The number of rotatable bonds is 4. The first-order valence-corrected chi connectivity index (χ1v) is 10.5. The average Bonchev–Trinajstić information content (AvgIpc) is 3.30. The molecule has 2 aliphatic heterocycles. The highest BCUT2D eigenvalue weighted by Gasteiger charge is 2.44. The lowest BCUT2D eigenvalue weighted by molar-refractivity contribution is 0.244. The molecule has 0 aliphatic carbocycles. The molecule has 4 heterocycles. The minimum atomic E-state index is -0.635. The summed E-state index contributed by atoms with van der Waals surface area (Å²) >= 11 is 0. The summed E-state index contributed by atoms with van der Waals surface area (Å²) in [5.41, 5.74) is 1.54. The normalized spacial score (nSPS) is 20.5. The maximum atomic E-state index is 13.2. The molecule has 1 aromatic carbocycles. The number of aryl methyl sites for hydroxylation is 1. The molecule has 3 aromatic rings. The van der Waals surface area contributed by atoms with Crippen LogP contribution < -0.4 is 11.1 Å². The molecule has 1 spiro atoms. The van der Waals surface area contributed by atoms with Crippen molar-refractivity contribution in [1.82, 2.24) is 24.2 Å². The van der Waals surface area contributed by atoms with Gasteiger partial charge >= 0.3 is 11.1 Å². The molecule has 1 unspecified atom stereocenters. The van der Waals surface area contributed by atoms with Crippen molar-refractivity contribution in [3.05, 3.63) is 91.8 Å². The van der Waals surface area contributed by atoms with E-state index in [0.29, 0.717) is 18.8 Å². The number of likely N-dealkylation sites (tertiary alicyclic amines) is 1. The summed E-state index contributed by atoms with van der Waals surface area (Å²) in [6.45, 7) is 5.22. The molecule has 1 fully saturated rings.